The van der Waals surface area contributed by atoms with E-state index in [-0.39, 0.29) is 28.1 Å². The molecule has 0 amide bonds. The number of aliphatic hydroxyl groups excluding tert-OH is 1. The van der Waals surface area contributed by atoms with E-state index in [9.17, 15) is 19.8 Å². The minimum atomic E-state index is -0.791. The predicted octanol–water partition coefficient (Wildman–Crippen LogP) is 6.86. The summed E-state index contributed by atoms with van der Waals surface area (Å²) >= 11 is 0. The molecule has 0 radical (unpaired) electrons. The number of allylic oxidation sites excluding steroid dienone is 5. The van der Waals surface area contributed by atoms with Crippen molar-refractivity contribution in [1.82, 2.24) is 0 Å². The van der Waals surface area contributed by atoms with E-state index in [0.717, 1.165) is 44.1 Å². The standard InChI is InChI=1S/C31H48O5/c1-19(2)10-9-11-21(28(34)35)27-25(32)18-31(7)24-13-12-22(20(3)4)29(5,16-15-26(33)36-8)23(24)14-17-30(27,31)6/h10,21-22,25,27,32H,3,9,11-18H2,1-2,4-8H3,(H,34,35). The molecule has 5 heteroatoms. The highest BCUT2D eigenvalue weighted by molar-refractivity contribution is 5.71. The first-order chi connectivity index (χ1) is 16.7. The zero-order chi connectivity index (χ0) is 27.1. The molecule has 0 heterocycles. The van der Waals surface area contributed by atoms with Crippen molar-refractivity contribution < 1.29 is 24.5 Å². The summed E-state index contributed by atoms with van der Waals surface area (Å²) in [5, 5.41) is 21.7. The molecule has 1 fully saturated rings. The normalized spacial score (nSPS) is 36.5. The first-order valence-corrected chi connectivity index (χ1v) is 13.7. The van der Waals surface area contributed by atoms with Crippen LogP contribution >= 0.6 is 0 Å². The topological polar surface area (TPSA) is 83.8 Å². The first kappa shape index (κ1) is 28.7. The predicted molar refractivity (Wildman–Crippen MR) is 143 cm³/mol. The van der Waals surface area contributed by atoms with Gasteiger partial charge < -0.3 is 14.9 Å². The van der Waals surface area contributed by atoms with Crippen LogP contribution in [0.1, 0.15) is 99.3 Å². The molecule has 2 N–H and O–H groups in total. The van der Waals surface area contributed by atoms with Gasteiger partial charge in [-0.25, -0.2) is 0 Å². The summed E-state index contributed by atoms with van der Waals surface area (Å²) in [6.45, 7) is 17.3. The van der Waals surface area contributed by atoms with E-state index in [2.05, 4.69) is 40.3 Å². The van der Waals surface area contributed by atoms with E-state index in [1.807, 2.05) is 13.8 Å². The quantitative estimate of drug-likeness (QED) is 0.267. The minimum absolute atomic E-state index is 0.184. The summed E-state index contributed by atoms with van der Waals surface area (Å²) in [6.07, 6.45) is 8.08. The molecule has 3 aliphatic carbocycles. The second-order valence-electron chi connectivity index (χ2n) is 12.7. The smallest absolute Gasteiger partial charge is 0.306 e. The Balaban J connectivity index is 2.05. The van der Waals surface area contributed by atoms with Gasteiger partial charge >= 0.3 is 11.9 Å². The number of fused-ring (bicyclic) bond motifs is 2. The van der Waals surface area contributed by atoms with Gasteiger partial charge in [0.05, 0.1) is 19.1 Å². The number of methoxy groups -OCH3 is 1. The van der Waals surface area contributed by atoms with Gasteiger partial charge in [-0.2, -0.15) is 0 Å². The second-order valence-corrected chi connectivity index (χ2v) is 12.7. The van der Waals surface area contributed by atoms with E-state index >= 15 is 0 Å². The molecule has 36 heavy (non-hydrogen) atoms. The zero-order valence-corrected chi connectivity index (χ0v) is 23.6. The monoisotopic (exact) mass is 500 g/mol. The fraction of sp³-hybridized carbons (Fsp3) is 0.742. The van der Waals surface area contributed by atoms with Crippen LogP contribution in [0.15, 0.2) is 34.9 Å². The van der Waals surface area contributed by atoms with Crippen LogP contribution in [0.3, 0.4) is 0 Å². The van der Waals surface area contributed by atoms with E-state index in [1.165, 1.54) is 23.8 Å². The summed E-state index contributed by atoms with van der Waals surface area (Å²) < 4.78 is 4.98. The van der Waals surface area contributed by atoms with Crippen molar-refractivity contribution >= 4 is 11.9 Å². The lowest BCUT2D eigenvalue weighted by Crippen LogP contribution is -2.49. The molecule has 0 bridgehead atoms. The first-order valence-electron chi connectivity index (χ1n) is 13.7. The van der Waals surface area contributed by atoms with Gasteiger partial charge in [0.2, 0.25) is 0 Å². The third-order valence-electron chi connectivity index (χ3n) is 10.5. The molecule has 1 saturated carbocycles. The van der Waals surface area contributed by atoms with Crippen LogP contribution in [-0.4, -0.2) is 35.4 Å². The van der Waals surface area contributed by atoms with Crippen LogP contribution < -0.4 is 0 Å². The molecule has 5 nitrogen and oxygen atoms in total. The lowest BCUT2D eigenvalue weighted by atomic mass is 9.47. The highest BCUT2D eigenvalue weighted by atomic mass is 16.5. The Labute approximate surface area is 218 Å². The van der Waals surface area contributed by atoms with Crippen molar-refractivity contribution in [3.63, 3.8) is 0 Å². The van der Waals surface area contributed by atoms with Gasteiger partial charge in [0.15, 0.2) is 0 Å². The Bertz CT molecular complexity index is 956. The maximum Gasteiger partial charge on any atom is 0.306 e. The van der Waals surface area contributed by atoms with Crippen LogP contribution in [0.25, 0.3) is 0 Å². The number of hydrogen-bond donors (Lipinski definition) is 2. The lowest BCUT2D eigenvalue weighted by Gasteiger charge is -2.57. The highest BCUT2D eigenvalue weighted by Gasteiger charge is 2.65. The fourth-order valence-electron chi connectivity index (χ4n) is 8.52. The summed E-state index contributed by atoms with van der Waals surface area (Å²) in [5.74, 6) is -1.53. The number of ether oxygens (including phenoxy) is 1. The zero-order valence-electron chi connectivity index (χ0n) is 23.6. The van der Waals surface area contributed by atoms with Crippen molar-refractivity contribution in [2.24, 2.45) is 34.0 Å². The second kappa shape index (κ2) is 10.5. The average molecular weight is 501 g/mol. The molecule has 7 atom stereocenters. The van der Waals surface area contributed by atoms with Crippen molar-refractivity contribution in [1.29, 1.82) is 0 Å². The fourth-order valence-corrected chi connectivity index (χ4v) is 8.52. The van der Waals surface area contributed by atoms with E-state index in [4.69, 9.17) is 4.74 Å². The maximum absolute atomic E-state index is 12.5. The third-order valence-corrected chi connectivity index (χ3v) is 10.5. The molecule has 0 saturated heterocycles. The Morgan fingerprint density at radius 2 is 1.83 bits per heavy atom. The molecular weight excluding hydrogens is 452 g/mol. The van der Waals surface area contributed by atoms with Crippen LogP contribution in [0.5, 0.6) is 0 Å². The Hall–Kier alpha value is -1.88. The van der Waals surface area contributed by atoms with Crippen molar-refractivity contribution in [3.05, 3.63) is 34.9 Å². The van der Waals surface area contributed by atoms with Crippen LogP contribution in [0.2, 0.25) is 0 Å². The SMILES string of the molecule is C=C(C)C1CCC2=C(CCC3(C)C(C(CCC=C(C)C)C(=O)O)C(O)CC23C)C1(C)CCC(=O)OC. The molecule has 3 aliphatic rings. The van der Waals surface area contributed by atoms with E-state index < -0.39 is 18.0 Å². The molecule has 0 aliphatic heterocycles. The van der Waals surface area contributed by atoms with Gasteiger partial charge in [0.25, 0.3) is 0 Å². The minimum Gasteiger partial charge on any atom is -0.481 e. The number of rotatable bonds is 9. The number of carboxylic acids is 1. The summed E-state index contributed by atoms with van der Waals surface area (Å²) in [6, 6.07) is 0. The molecular formula is C31H48O5. The number of aliphatic hydroxyl groups is 1. The van der Waals surface area contributed by atoms with Crippen LogP contribution in [0.4, 0.5) is 0 Å². The highest BCUT2D eigenvalue weighted by Crippen LogP contribution is 2.71. The number of esters is 1. The summed E-state index contributed by atoms with van der Waals surface area (Å²) in [4.78, 5) is 24.6. The van der Waals surface area contributed by atoms with Crippen molar-refractivity contribution in [2.75, 3.05) is 7.11 Å². The molecule has 0 aromatic carbocycles. The van der Waals surface area contributed by atoms with Gasteiger partial charge in [0, 0.05) is 12.3 Å². The summed E-state index contributed by atoms with van der Waals surface area (Å²) in [7, 11) is 1.44. The van der Waals surface area contributed by atoms with Gasteiger partial charge in [-0.15, -0.1) is 0 Å². The summed E-state index contributed by atoms with van der Waals surface area (Å²) in [5.41, 5.74) is 4.44. The molecule has 0 aromatic rings. The Morgan fingerprint density at radius 3 is 2.39 bits per heavy atom. The van der Waals surface area contributed by atoms with Crippen molar-refractivity contribution in [3.8, 4) is 0 Å². The van der Waals surface area contributed by atoms with E-state index in [1.54, 1.807) is 0 Å². The molecule has 0 spiro atoms. The number of carbonyl (C=O) groups is 2. The number of aliphatic carboxylic acids is 1. The van der Waals surface area contributed by atoms with Gasteiger partial charge in [0.1, 0.15) is 0 Å². The third kappa shape index (κ3) is 4.73. The number of carbonyl (C=O) groups excluding carboxylic acids is 1. The maximum atomic E-state index is 12.5. The van der Waals surface area contributed by atoms with Crippen molar-refractivity contribution in [2.45, 2.75) is 105 Å². The number of carboxylic acid groups (broad SMARTS) is 1. The Morgan fingerprint density at radius 1 is 1.17 bits per heavy atom. The molecule has 0 aromatic heterocycles. The van der Waals surface area contributed by atoms with E-state index in [0.29, 0.717) is 25.2 Å². The largest absolute Gasteiger partial charge is 0.481 e. The molecule has 7 unspecified atom stereocenters. The van der Waals surface area contributed by atoms with Gasteiger partial charge in [-0.1, -0.05) is 55.7 Å². The number of hydrogen-bond acceptors (Lipinski definition) is 4. The average Bonchev–Trinajstić information content (AvgIpc) is 3.00. The van der Waals surface area contributed by atoms with Gasteiger partial charge in [-0.3, -0.25) is 9.59 Å². The van der Waals surface area contributed by atoms with Crippen LogP contribution in [-0.2, 0) is 14.3 Å². The van der Waals surface area contributed by atoms with Gasteiger partial charge in [-0.05, 0) is 94.3 Å². The Kier molecular flexibility index (Phi) is 8.35. The lowest BCUT2D eigenvalue weighted by molar-refractivity contribution is -0.148. The molecule has 3 rings (SSSR count). The van der Waals surface area contributed by atoms with Crippen LogP contribution in [0, 0.1) is 34.0 Å². The molecule has 202 valence electrons.